The van der Waals surface area contributed by atoms with Crippen molar-refractivity contribution in [3.8, 4) is 11.5 Å². The fourth-order valence-corrected chi connectivity index (χ4v) is 7.04. The summed E-state index contributed by atoms with van der Waals surface area (Å²) in [7, 11) is -1.43. The lowest BCUT2D eigenvalue weighted by molar-refractivity contribution is -0.140. The molecule has 2 amide bonds. The Labute approximate surface area is 285 Å². The van der Waals surface area contributed by atoms with Crippen LogP contribution in [0, 0.1) is 13.8 Å². The molecular formula is C36H40BrN3O6S. The van der Waals surface area contributed by atoms with Gasteiger partial charge in [0.05, 0.1) is 24.8 Å². The molecule has 0 heterocycles. The highest BCUT2D eigenvalue weighted by atomic mass is 79.9. The molecule has 0 aliphatic heterocycles. The van der Waals surface area contributed by atoms with Crippen LogP contribution in [0.15, 0.2) is 100 Å². The summed E-state index contributed by atoms with van der Waals surface area (Å²) >= 11 is 3.46. The van der Waals surface area contributed by atoms with Crippen LogP contribution in [0.4, 0.5) is 5.69 Å². The number of carbonyl (C=O) groups is 2. The smallest absolute Gasteiger partial charge is 0.264 e. The maximum atomic E-state index is 14.6. The molecule has 0 fully saturated rings. The van der Waals surface area contributed by atoms with Crippen molar-refractivity contribution in [2.24, 2.45) is 0 Å². The molecule has 0 aliphatic rings. The third-order valence-corrected chi connectivity index (χ3v) is 9.90. The Bertz CT molecular complexity index is 1780. The van der Waals surface area contributed by atoms with E-state index in [1.54, 1.807) is 12.1 Å². The van der Waals surface area contributed by atoms with Crippen molar-refractivity contribution in [3.05, 3.63) is 118 Å². The van der Waals surface area contributed by atoms with Crippen molar-refractivity contribution in [1.29, 1.82) is 0 Å². The molecule has 47 heavy (non-hydrogen) atoms. The largest absolute Gasteiger partial charge is 0.493 e. The molecule has 0 radical (unpaired) electrons. The molecular weight excluding hydrogens is 682 g/mol. The number of amides is 2. The zero-order chi connectivity index (χ0) is 34.1. The summed E-state index contributed by atoms with van der Waals surface area (Å²) in [6.07, 6.45) is 0.237. The van der Waals surface area contributed by atoms with Gasteiger partial charge >= 0.3 is 0 Å². The summed E-state index contributed by atoms with van der Waals surface area (Å²) in [5, 5.41) is 2.88. The van der Waals surface area contributed by atoms with Crippen LogP contribution < -0.4 is 19.1 Å². The second-order valence-electron chi connectivity index (χ2n) is 11.1. The van der Waals surface area contributed by atoms with Gasteiger partial charge in [-0.2, -0.15) is 0 Å². The normalized spacial score (nSPS) is 11.8. The minimum absolute atomic E-state index is 0.0777. The van der Waals surface area contributed by atoms with E-state index in [2.05, 4.69) is 21.2 Å². The Balaban J connectivity index is 1.84. The number of likely N-dealkylation sites (N-methyl/N-ethyl adjacent to an activating group) is 1. The average molecular weight is 723 g/mol. The first kappa shape index (κ1) is 35.5. The third-order valence-electron chi connectivity index (χ3n) is 7.60. The Morgan fingerprint density at radius 2 is 1.47 bits per heavy atom. The van der Waals surface area contributed by atoms with Crippen molar-refractivity contribution >= 4 is 43.5 Å². The number of anilines is 1. The lowest BCUT2D eigenvalue weighted by Crippen LogP contribution is -2.53. The zero-order valence-electron chi connectivity index (χ0n) is 27.2. The van der Waals surface area contributed by atoms with Gasteiger partial charge in [-0.05, 0) is 79.4 Å². The summed E-state index contributed by atoms with van der Waals surface area (Å²) in [6, 6.07) is 25.7. The van der Waals surface area contributed by atoms with E-state index in [-0.39, 0.29) is 29.5 Å². The number of hydrogen-bond acceptors (Lipinski definition) is 6. The SMILES string of the molecule is CCNC(=O)[C@H](Cc1ccccc1)N(Cc1ccc(Br)cc1)C(=O)CN(c1cc(C)cc(C)c1)S(=O)(=O)c1ccc(OC)c(OC)c1. The van der Waals surface area contributed by atoms with Crippen molar-refractivity contribution in [2.45, 2.75) is 44.7 Å². The number of rotatable bonds is 14. The van der Waals surface area contributed by atoms with Crippen LogP contribution in [0.3, 0.4) is 0 Å². The number of aryl methyl sites for hydroxylation is 2. The van der Waals surface area contributed by atoms with Gasteiger partial charge in [0.25, 0.3) is 10.0 Å². The summed E-state index contributed by atoms with van der Waals surface area (Å²) < 4.78 is 41.6. The topological polar surface area (TPSA) is 105 Å². The molecule has 0 saturated carbocycles. The first-order chi connectivity index (χ1) is 22.5. The van der Waals surface area contributed by atoms with Crippen LogP contribution in [0.1, 0.15) is 29.2 Å². The van der Waals surface area contributed by atoms with Crippen molar-refractivity contribution in [1.82, 2.24) is 10.2 Å². The quantitative estimate of drug-likeness (QED) is 0.170. The standard InChI is InChI=1S/C36H40BrN3O6S/c1-6-38-36(42)32(21-27-10-8-7-9-11-27)39(23-28-12-14-29(37)15-13-28)35(41)24-40(30-19-25(2)18-26(3)20-30)47(43,44)31-16-17-33(45-4)34(22-31)46-5/h7-20,22,32H,6,21,23-24H2,1-5H3,(H,38,42)/t32-/m0/s1. The molecule has 1 N–H and O–H groups in total. The maximum absolute atomic E-state index is 14.6. The lowest BCUT2D eigenvalue weighted by atomic mass is 10.0. The fourth-order valence-electron chi connectivity index (χ4n) is 5.36. The van der Waals surface area contributed by atoms with Crippen LogP contribution in [0.2, 0.25) is 0 Å². The highest BCUT2D eigenvalue weighted by molar-refractivity contribution is 9.10. The fraction of sp³-hybridized carbons (Fsp3) is 0.278. The molecule has 4 rings (SSSR count). The Hall–Kier alpha value is -4.35. The van der Waals surface area contributed by atoms with Crippen molar-refractivity contribution < 1.29 is 27.5 Å². The zero-order valence-corrected chi connectivity index (χ0v) is 29.6. The van der Waals surface area contributed by atoms with Gasteiger partial charge in [-0.1, -0.05) is 64.5 Å². The molecule has 248 valence electrons. The number of sulfonamides is 1. The summed E-state index contributed by atoms with van der Waals surface area (Å²) in [6.45, 7) is 5.44. The van der Waals surface area contributed by atoms with E-state index in [0.717, 1.165) is 31.0 Å². The van der Waals surface area contributed by atoms with E-state index >= 15 is 0 Å². The molecule has 4 aromatic carbocycles. The van der Waals surface area contributed by atoms with Crippen LogP contribution >= 0.6 is 15.9 Å². The molecule has 4 aromatic rings. The van der Waals surface area contributed by atoms with E-state index in [0.29, 0.717) is 18.0 Å². The molecule has 11 heteroatoms. The second kappa shape index (κ2) is 16.0. The average Bonchev–Trinajstić information content (AvgIpc) is 3.05. The lowest BCUT2D eigenvalue weighted by Gasteiger charge is -2.34. The maximum Gasteiger partial charge on any atom is 0.264 e. The predicted octanol–water partition coefficient (Wildman–Crippen LogP) is 6.05. The molecule has 0 aromatic heterocycles. The van der Waals surface area contributed by atoms with Gasteiger partial charge < -0.3 is 19.7 Å². The highest BCUT2D eigenvalue weighted by Gasteiger charge is 2.35. The predicted molar refractivity (Wildman–Crippen MR) is 187 cm³/mol. The summed E-state index contributed by atoms with van der Waals surface area (Å²) in [4.78, 5) is 29.7. The number of nitrogens with one attached hydrogen (secondary N) is 1. The Kier molecular flexibility index (Phi) is 12.1. The number of benzene rings is 4. The van der Waals surface area contributed by atoms with E-state index in [1.165, 1.54) is 37.3 Å². The van der Waals surface area contributed by atoms with E-state index in [9.17, 15) is 18.0 Å². The van der Waals surface area contributed by atoms with Crippen molar-refractivity contribution in [2.75, 3.05) is 31.6 Å². The van der Waals surface area contributed by atoms with E-state index < -0.39 is 28.5 Å². The first-order valence-electron chi connectivity index (χ1n) is 15.2. The number of hydrogen-bond donors (Lipinski definition) is 1. The highest BCUT2D eigenvalue weighted by Crippen LogP contribution is 2.33. The monoisotopic (exact) mass is 721 g/mol. The van der Waals surface area contributed by atoms with E-state index in [1.807, 2.05) is 81.4 Å². The van der Waals surface area contributed by atoms with Gasteiger partial charge in [0.15, 0.2) is 11.5 Å². The molecule has 9 nitrogen and oxygen atoms in total. The number of ether oxygens (including phenoxy) is 2. The molecule has 0 aliphatic carbocycles. The van der Waals surface area contributed by atoms with Crippen LogP contribution in [-0.4, -0.2) is 58.5 Å². The Morgan fingerprint density at radius 3 is 2.06 bits per heavy atom. The van der Waals surface area contributed by atoms with Gasteiger partial charge in [-0.15, -0.1) is 0 Å². The Morgan fingerprint density at radius 1 is 0.830 bits per heavy atom. The number of methoxy groups -OCH3 is 2. The van der Waals surface area contributed by atoms with Gasteiger partial charge in [0, 0.05) is 30.0 Å². The molecule has 1 atom stereocenters. The van der Waals surface area contributed by atoms with Gasteiger partial charge in [-0.3, -0.25) is 13.9 Å². The number of nitrogens with zero attached hydrogens (tertiary/aromatic N) is 2. The third kappa shape index (κ3) is 8.93. The first-order valence-corrected chi connectivity index (χ1v) is 17.4. The minimum atomic E-state index is -4.32. The molecule has 0 saturated heterocycles. The molecule has 0 bridgehead atoms. The molecule has 0 unspecified atom stereocenters. The summed E-state index contributed by atoms with van der Waals surface area (Å²) in [5.74, 6) is -0.269. The van der Waals surface area contributed by atoms with Crippen molar-refractivity contribution in [3.63, 3.8) is 0 Å². The minimum Gasteiger partial charge on any atom is -0.493 e. The van der Waals surface area contributed by atoms with E-state index in [4.69, 9.17) is 9.47 Å². The molecule has 0 spiro atoms. The van der Waals surface area contributed by atoms with Gasteiger partial charge in [0.2, 0.25) is 11.8 Å². The second-order valence-corrected chi connectivity index (χ2v) is 13.9. The van der Waals surface area contributed by atoms with Gasteiger partial charge in [0.1, 0.15) is 12.6 Å². The van der Waals surface area contributed by atoms with Crippen LogP contribution in [0.25, 0.3) is 0 Å². The number of halogens is 1. The summed E-state index contributed by atoms with van der Waals surface area (Å²) in [5.41, 5.74) is 3.63. The van der Waals surface area contributed by atoms with Crippen LogP contribution in [0.5, 0.6) is 11.5 Å². The number of carbonyl (C=O) groups excluding carboxylic acids is 2. The van der Waals surface area contributed by atoms with Gasteiger partial charge in [-0.25, -0.2) is 8.42 Å². The van der Waals surface area contributed by atoms with Crippen LogP contribution in [-0.2, 0) is 32.6 Å².